The number of thiophene rings is 1. The van der Waals surface area contributed by atoms with Crippen molar-refractivity contribution in [1.29, 1.82) is 0 Å². The van der Waals surface area contributed by atoms with E-state index in [1.54, 1.807) is 11.3 Å². The Labute approximate surface area is 77.4 Å². The summed E-state index contributed by atoms with van der Waals surface area (Å²) in [5, 5.41) is 0. The molecular formula is C10H14OS. The first-order valence-corrected chi connectivity index (χ1v) is 5.09. The average molecular weight is 182 g/mol. The van der Waals surface area contributed by atoms with Crippen LogP contribution >= 0.6 is 11.3 Å². The first-order chi connectivity index (χ1) is 5.77. The van der Waals surface area contributed by atoms with Gasteiger partial charge in [-0.1, -0.05) is 6.92 Å². The van der Waals surface area contributed by atoms with Crippen molar-refractivity contribution in [2.24, 2.45) is 0 Å². The molecule has 0 amide bonds. The van der Waals surface area contributed by atoms with Gasteiger partial charge < -0.3 is 4.79 Å². The van der Waals surface area contributed by atoms with Crippen LogP contribution in [0.4, 0.5) is 0 Å². The molecule has 1 nitrogen and oxygen atoms in total. The van der Waals surface area contributed by atoms with Gasteiger partial charge in [-0.05, 0) is 31.4 Å². The number of carbonyl (C=O) groups excluding carboxylic acids is 1. The highest BCUT2D eigenvalue weighted by Crippen LogP contribution is 2.28. The predicted octanol–water partition coefficient (Wildman–Crippen LogP) is 3.14. The second-order valence-corrected chi connectivity index (χ2v) is 4.28. The van der Waals surface area contributed by atoms with Crippen molar-refractivity contribution in [2.45, 2.75) is 32.6 Å². The lowest BCUT2D eigenvalue weighted by atomic mass is 10.0. The number of hydrogen-bond donors (Lipinski definition) is 0. The third-order valence-electron chi connectivity index (χ3n) is 2.04. The zero-order valence-corrected chi connectivity index (χ0v) is 8.36. The van der Waals surface area contributed by atoms with Crippen LogP contribution < -0.4 is 0 Å². The molecule has 2 heteroatoms. The van der Waals surface area contributed by atoms with Gasteiger partial charge in [-0.15, -0.1) is 11.3 Å². The molecule has 0 aliphatic rings. The maximum atomic E-state index is 10.4. The number of hydrogen-bond acceptors (Lipinski definition) is 2. The lowest BCUT2D eigenvalue weighted by Crippen LogP contribution is -1.94. The minimum Gasteiger partial charge on any atom is -0.303 e. The van der Waals surface area contributed by atoms with Crippen molar-refractivity contribution in [3.8, 4) is 0 Å². The molecule has 0 saturated carbocycles. The second-order valence-electron chi connectivity index (χ2n) is 2.96. The smallest absolute Gasteiger partial charge is 0.120 e. The summed E-state index contributed by atoms with van der Waals surface area (Å²) in [7, 11) is 0. The van der Waals surface area contributed by atoms with E-state index in [0.717, 1.165) is 12.7 Å². The standard InChI is InChI=1S/C10H14OS/c1-3-9(6-7-11)10-5-4-8(2)12-10/h4-5,7,9H,3,6H2,1-2H3. The van der Waals surface area contributed by atoms with Gasteiger partial charge in [-0.3, -0.25) is 0 Å². The zero-order chi connectivity index (χ0) is 8.97. The minimum absolute atomic E-state index is 0.446. The van der Waals surface area contributed by atoms with E-state index in [1.807, 2.05) is 0 Å². The van der Waals surface area contributed by atoms with Gasteiger partial charge in [-0.25, -0.2) is 0 Å². The highest BCUT2D eigenvalue weighted by atomic mass is 32.1. The monoisotopic (exact) mass is 182 g/mol. The fourth-order valence-corrected chi connectivity index (χ4v) is 2.35. The van der Waals surface area contributed by atoms with Gasteiger partial charge in [0.2, 0.25) is 0 Å². The Morgan fingerprint density at radius 2 is 2.33 bits per heavy atom. The Bertz CT molecular complexity index is 252. The summed E-state index contributed by atoms with van der Waals surface area (Å²) in [6.07, 6.45) is 2.73. The molecule has 0 aromatic carbocycles. The van der Waals surface area contributed by atoms with Crippen molar-refractivity contribution in [2.75, 3.05) is 0 Å². The Morgan fingerprint density at radius 1 is 1.58 bits per heavy atom. The van der Waals surface area contributed by atoms with Crippen LogP contribution in [-0.2, 0) is 4.79 Å². The van der Waals surface area contributed by atoms with Crippen LogP contribution in [0.1, 0.15) is 35.4 Å². The minimum atomic E-state index is 0.446. The average Bonchev–Trinajstić information content (AvgIpc) is 2.47. The van der Waals surface area contributed by atoms with Gasteiger partial charge in [0.15, 0.2) is 0 Å². The lowest BCUT2D eigenvalue weighted by Gasteiger charge is -2.07. The fraction of sp³-hybridized carbons (Fsp3) is 0.500. The Morgan fingerprint density at radius 3 is 2.75 bits per heavy atom. The SMILES string of the molecule is CCC(CC=O)c1ccc(C)s1. The van der Waals surface area contributed by atoms with Crippen molar-refractivity contribution >= 4 is 17.6 Å². The topological polar surface area (TPSA) is 17.1 Å². The summed E-state index contributed by atoms with van der Waals surface area (Å²) in [6, 6.07) is 4.26. The van der Waals surface area contributed by atoms with Crippen LogP contribution in [0, 0.1) is 6.92 Å². The predicted molar refractivity (Wildman–Crippen MR) is 52.8 cm³/mol. The first kappa shape index (κ1) is 9.46. The van der Waals surface area contributed by atoms with E-state index >= 15 is 0 Å². The van der Waals surface area contributed by atoms with Crippen molar-refractivity contribution in [3.05, 3.63) is 21.9 Å². The number of rotatable bonds is 4. The Kier molecular flexibility index (Phi) is 3.48. The van der Waals surface area contributed by atoms with Crippen LogP contribution in [0.25, 0.3) is 0 Å². The van der Waals surface area contributed by atoms with Crippen LogP contribution in [-0.4, -0.2) is 6.29 Å². The van der Waals surface area contributed by atoms with Gasteiger partial charge in [0.1, 0.15) is 6.29 Å². The molecule has 0 aliphatic carbocycles. The molecule has 12 heavy (non-hydrogen) atoms. The first-order valence-electron chi connectivity index (χ1n) is 4.28. The molecule has 66 valence electrons. The summed E-state index contributed by atoms with van der Waals surface area (Å²) < 4.78 is 0. The molecule has 1 atom stereocenters. The van der Waals surface area contributed by atoms with Gasteiger partial charge in [0.05, 0.1) is 0 Å². The van der Waals surface area contributed by atoms with E-state index in [4.69, 9.17) is 0 Å². The van der Waals surface area contributed by atoms with E-state index in [0.29, 0.717) is 12.3 Å². The summed E-state index contributed by atoms with van der Waals surface area (Å²) in [5.74, 6) is 0.446. The lowest BCUT2D eigenvalue weighted by molar-refractivity contribution is -0.108. The number of aryl methyl sites for hydroxylation is 1. The molecular weight excluding hydrogens is 168 g/mol. The van der Waals surface area contributed by atoms with Crippen LogP contribution in [0.3, 0.4) is 0 Å². The molecule has 1 heterocycles. The van der Waals surface area contributed by atoms with E-state index in [-0.39, 0.29) is 0 Å². The molecule has 0 bridgehead atoms. The van der Waals surface area contributed by atoms with Gasteiger partial charge in [0.25, 0.3) is 0 Å². The molecule has 0 spiro atoms. The molecule has 0 radical (unpaired) electrons. The summed E-state index contributed by atoms with van der Waals surface area (Å²) >= 11 is 1.80. The Balaban J connectivity index is 2.72. The van der Waals surface area contributed by atoms with E-state index in [2.05, 4.69) is 26.0 Å². The molecule has 0 N–H and O–H groups in total. The van der Waals surface area contributed by atoms with Gasteiger partial charge in [0, 0.05) is 16.2 Å². The molecule has 1 aromatic heterocycles. The normalized spacial score (nSPS) is 12.8. The second kappa shape index (κ2) is 4.41. The summed E-state index contributed by atoms with van der Waals surface area (Å²) in [6.45, 7) is 4.23. The molecule has 0 fully saturated rings. The Hall–Kier alpha value is -0.630. The maximum absolute atomic E-state index is 10.4. The van der Waals surface area contributed by atoms with Crippen LogP contribution in [0.15, 0.2) is 12.1 Å². The highest BCUT2D eigenvalue weighted by Gasteiger charge is 2.09. The quantitative estimate of drug-likeness (QED) is 0.654. The zero-order valence-electron chi connectivity index (χ0n) is 7.54. The number of carbonyl (C=O) groups is 1. The van der Waals surface area contributed by atoms with Crippen molar-refractivity contribution in [3.63, 3.8) is 0 Å². The van der Waals surface area contributed by atoms with Crippen molar-refractivity contribution < 1.29 is 4.79 Å². The summed E-state index contributed by atoms with van der Waals surface area (Å²) in [4.78, 5) is 13.0. The van der Waals surface area contributed by atoms with E-state index in [9.17, 15) is 4.79 Å². The summed E-state index contributed by atoms with van der Waals surface area (Å²) in [5.41, 5.74) is 0. The number of aldehydes is 1. The third kappa shape index (κ3) is 2.18. The van der Waals surface area contributed by atoms with Crippen molar-refractivity contribution in [1.82, 2.24) is 0 Å². The molecule has 0 aliphatic heterocycles. The van der Waals surface area contributed by atoms with Crippen LogP contribution in [0.5, 0.6) is 0 Å². The van der Waals surface area contributed by atoms with Gasteiger partial charge >= 0.3 is 0 Å². The van der Waals surface area contributed by atoms with E-state index in [1.165, 1.54) is 9.75 Å². The van der Waals surface area contributed by atoms with Gasteiger partial charge in [-0.2, -0.15) is 0 Å². The van der Waals surface area contributed by atoms with E-state index < -0.39 is 0 Å². The molecule has 1 unspecified atom stereocenters. The molecule has 1 aromatic rings. The maximum Gasteiger partial charge on any atom is 0.120 e. The largest absolute Gasteiger partial charge is 0.303 e. The third-order valence-corrected chi connectivity index (χ3v) is 3.20. The van der Waals surface area contributed by atoms with Crippen LogP contribution in [0.2, 0.25) is 0 Å². The highest BCUT2D eigenvalue weighted by molar-refractivity contribution is 7.12. The molecule has 0 saturated heterocycles. The fourth-order valence-electron chi connectivity index (χ4n) is 1.27. The molecule has 1 rings (SSSR count).